The van der Waals surface area contributed by atoms with Gasteiger partial charge in [-0.3, -0.25) is 0 Å². The van der Waals surface area contributed by atoms with E-state index in [1.54, 1.807) is 17.5 Å². The van der Waals surface area contributed by atoms with Crippen LogP contribution in [0.4, 0.5) is 11.5 Å². The van der Waals surface area contributed by atoms with Crippen molar-refractivity contribution in [2.45, 2.75) is 25.8 Å². The van der Waals surface area contributed by atoms with Crippen LogP contribution in [0.1, 0.15) is 30.7 Å². The minimum absolute atomic E-state index is 0.283. The van der Waals surface area contributed by atoms with E-state index in [1.807, 2.05) is 6.07 Å². The lowest BCUT2D eigenvalue weighted by Crippen LogP contribution is -2.11. The number of halogens is 1. The van der Waals surface area contributed by atoms with Crippen LogP contribution < -0.4 is 11.1 Å². The van der Waals surface area contributed by atoms with Gasteiger partial charge in [-0.2, -0.15) is 0 Å². The molecule has 0 fully saturated rings. The molecule has 0 bridgehead atoms. The smallest absolute Gasteiger partial charge is 0.149 e. The number of thiophene rings is 1. The van der Waals surface area contributed by atoms with E-state index < -0.39 is 0 Å². The van der Waals surface area contributed by atoms with Crippen molar-refractivity contribution < 1.29 is 0 Å². The minimum atomic E-state index is 0.283. The predicted molar refractivity (Wildman–Crippen MR) is 81.9 cm³/mol. The normalized spacial score (nSPS) is 12.3. The van der Waals surface area contributed by atoms with Crippen molar-refractivity contribution in [1.82, 2.24) is 4.98 Å². The molecule has 2 rings (SSSR count). The Morgan fingerprint density at radius 3 is 3.00 bits per heavy atom. The Morgan fingerprint density at radius 2 is 2.39 bits per heavy atom. The molecule has 3 nitrogen and oxygen atoms in total. The molecule has 5 heteroatoms. The fourth-order valence-electron chi connectivity index (χ4n) is 1.80. The average Bonchev–Trinajstić information content (AvgIpc) is 2.85. The molecule has 0 aliphatic carbocycles. The molecule has 0 spiro atoms. The zero-order chi connectivity index (χ0) is 13.0. The monoisotopic (exact) mass is 325 g/mol. The summed E-state index contributed by atoms with van der Waals surface area (Å²) in [5.41, 5.74) is 6.64. The quantitative estimate of drug-likeness (QED) is 0.854. The molecular weight excluding hydrogens is 310 g/mol. The first-order valence-electron chi connectivity index (χ1n) is 5.91. The third-order valence-electron chi connectivity index (χ3n) is 2.66. The summed E-state index contributed by atoms with van der Waals surface area (Å²) in [5.74, 6) is 0.755. The van der Waals surface area contributed by atoms with Gasteiger partial charge in [-0.05, 0) is 39.9 Å². The van der Waals surface area contributed by atoms with Crippen LogP contribution in [0.3, 0.4) is 0 Å². The van der Waals surface area contributed by atoms with Crippen molar-refractivity contribution in [2.24, 2.45) is 0 Å². The van der Waals surface area contributed by atoms with Gasteiger partial charge in [0, 0.05) is 15.5 Å². The first kappa shape index (κ1) is 13.4. The maximum Gasteiger partial charge on any atom is 0.149 e. The summed E-state index contributed by atoms with van der Waals surface area (Å²) >= 11 is 5.12. The fraction of sp³-hybridized carbons (Fsp3) is 0.308. The number of nitrogens with two attached hydrogens (primary N) is 1. The maximum absolute atomic E-state index is 5.97. The first-order chi connectivity index (χ1) is 8.70. The highest BCUT2D eigenvalue weighted by atomic mass is 79.9. The van der Waals surface area contributed by atoms with Crippen molar-refractivity contribution >= 4 is 38.8 Å². The molecule has 96 valence electrons. The molecule has 0 aromatic carbocycles. The maximum atomic E-state index is 5.97. The van der Waals surface area contributed by atoms with Crippen molar-refractivity contribution in [1.29, 1.82) is 0 Å². The second-order valence-electron chi connectivity index (χ2n) is 4.09. The number of nitrogen functional groups attached to an aromatic ring is 1. The second kappa shape index (κ2) is 6.20. The lowest BCUT2D eigenvalue weighted by molar-refractivity contribution is 0.685. The predicted octanol–water partition coefficient (Wildman–Crippen LogP) is 4.44. The van der Waals surface area contributed by atoms with E-state index in [0.717, 1.165) is 23.1 Å². The van der Waals surface area contributed by atoms with E-state index >= 15 is 0 Å². The standard InChI is InChI=1S/C13H16BrN3S/c1-2-4-11(12-5-3-6-18-12)17-13-10(15)7-9(14)8-16-13/h3,5-8,11H,2,4,15H2,1H3,(H,16,17). The molecule has 0 amide bonds. The van der Waals surface area contributed by atoms with Gasteiger partial charge in [-0.1, -0.05) is 19.4 Å². The van der Waals surface area contributed by atoms with Crippen molar-refractivity contribution in [3.8, 4) is 0 Å². The third-order valence-corrected chi connectivity index (χ3v) is 4.08. The number of hydrogen-bond acceptors (Lipinski definition) is 4. The molecule has 2 heterocycles. The minimum Gasteiger partial charge on any atom is -0.396 e. The topological polar surface area (TPSA) is 50.9 Å². The SMILES string of the molecule is CCCC(Nc1ncc(Br)cc1N)c1cccs1. The summed E-state index contributed by atoms with van der Waals surface area (Å²) in [6.07, 6.45) is 3.94. The van der Waals surface area contributed by atoms with Gasteiger partial charge >= 0.3 is 0 Å². The van der Waals surface area contributed by atoms with Gasteiger partial charge in [-0.15, -0.1) is 11.3 Å². The molecule has 1 atom stereocenters. The number of hydrogen-bond donors (Lipinski definition) is 2. The summed E-state index contributed by atoms with van der Waals surface area (Å²) in [6, 6.07) is 6.37. The van der Waals surface area contributed by atoms with Gasteiger partial charge in [-0.25, -0.2) is 4.98 Å². The number of anilines is 2. The Bertz CT molecular complexity index is 499. The van der Waals surface area contributed by atoms with Gasteiger partial charge in [0.1, 0.15) is 5.82 Å². The molecule has 2 aromatic heterocycles. The Morgan fingerprint density at radius 1 is 1.56 bits per heavy atom. The van der Waals surface area contributed by atoms with Gasteiger partial charge in [0.2, 0.25) is 0 Å². The molecule has 0 saturated carbocycles. The molecular formula is C13H16BrN3S. The van der Waals surface area contributed by atoms with Crippen LogP contribution in [-0.4, -0.2) is 4.98 Å². The van der Waals surface area contributed by atoms with Gasteiger partial charge < -0.3 is 11.1 Å². The second-order valence-corrected chi connectivity index (χ2v) is 5.99. The fourth-order valence-corrected chi connectivity index (χ4v) is 2.97. The zero-order valence-electron chi connectivity index (χ0n) is 10.2. The van der Waals surface area contributed by atoms with Crippen molar-refractivity contribution in [3.05, 3.63) is 39.1 Å². The van der Waals surface area contributed by atoms with Crippen molar-refractivity contribution in [3.63, 3.8) is 0 Å². The summed E-state index contributed by atoms with van der Waals surface area (Å²) in [7, 11) is 0. The largest absolute Gasteiger partial charge is 0.396 e. The van der Waals surface area contributed by atoms with Crippen LogP contribution in [0, 0.1) is 0 Å². The Kier molecular flexibility index (Phi) is 4.60. The van der Waals surface area contributed by atoms with E-state index in [2.05, 4.69) is 50.7 Å². The lowest BCUT2D eigenvalue weighted by Gasteiger charge is -2.18. The first-order valence-corrected chi connectivity index (χ1v) is 7.59. The van der Waals surface area contributed by atoms with Gasteiger partial charge in [0.05, 0.1) is 11.7 Å². The summed E-state index contributed by atoms with van der Waals surface area (Å²) in [6.45, 7) is 2.18. The number of pyridine rings is 1. The Balaban J connectivity index is 2.18. The zero-order valence-corrected chi connectivity index (χ0v) is 12.6. The molecule has 18 heavy (non-hydrogen) atoms. The molecule has 0 aliphatic heterocycles. The number of rotatable bonds is 5. The summed E-state index contributed by atoms with van der Waals surface area (Å²) in [5, 5.41) is 5.53. The van der Waals surface area contributed by atoms with Crippen LogP contribution in [0.25, 0.3) is 0 Å². The summed E-state index contributed by atoms with van der Waals surface area (Å²) < 4.78 is 0.897. The van der Waals surface area contributed by atoms with E-state index in [4.69, 9.17) is 5.73 Å². The molecule has 0 saturated heterocycles. The van der Waals surface area contributed by atoms with Crippen LogP contribution in [0.2, 0.25) is 0 Å². The molecule has 2 aromatic rings. The van der Waals surface area contributed by atoms with Gasteiger partial charge in [0.25, 0.3) is 0 Å². The van der Waals surface area contributed by atoms with Crippen LogP contribution in [0.5, 0.6) is 0 Å². The van der Waals surface area contributed by atoms with Crippen LogP contribution >= 0.6 is 27.3 Å². The Labute approximate surface area is 120 Å². The van der Waals surface area contributed by atoms with Gasteiger partial charge in [0.15, 0.2) is 0 Å². The van der Waals surface area contributed by atoms with E-state index in [9.17, 15) is 0 Å². The number of aromatic nitrogens is 1. The average molecular weight is 326 g/mol. The molecule has 1 unspecified atom stereocenters. The molecule has 0 aliphatic rings. The van der Waals surface area contributed by atoms with E-state index in [1.165, 1.54) is 4.88 Å². The van der Waals surface area contributed by atoms with Crippen LogP contribution in [0.15, 0.2) is 34.2 Å². The van der Waals surface area contributed by atoms with E-state index in [0.29, 0.717) is 5.69 Å². The molecule has 3 N–H and O–H groups in total. The highest BCUT2D eigenvalue weighted by Crippen LogP contribution is 2.29. The summed E-state index contributed by atoms with van der Waals surface area (Å²) in [4.78, 5) is 5.65. The number of nitrogens with one attached hydrogen (secondary N) is 1. The van der Waals surface area contributed by atoms with E-state index in [-0.39, 0.29) is 6.04 Å². The number of nitrogens with zero attached hydrogens (tertiary/aromatic N) is 1. The Hall–Kier alpha value is -1.07. The van der Waals surface area contributed by atoms with Crippen LogP contribution in [-0.2, 0) is 0 Å². The lowest BCUT2D eigenvalue weighted by atomic mass is 10.1. The van der Waals surface area contributed by atoms with Crippen molar-refractivity contribution in [2.75, 3.05) is 11.1 Å². The highest BCUT2D eigenvalue weighted by Gasteiger charge is 2.13. The third kappa shape index (κ3) is 3.23. The highest BCUT2D eigenvalue weighted by molar-refractivity contribution is 9.10. The molecule has 0 radical (unpaired) electrons.